The molecule has 19 heavy (non-hydrogen) atoms. The number of rotatable bonds is 4. The van der Waals surface area contributed by atoms with Gasteiger partial charge in [-0.05, 0) is 62.2 Å². The van der Waals surface area contributed by atoms with E-state index in [1.54, 1.807) is 0 Å². The Labute approximate surface area is 116 Å². The van der Waals surface area contributed by atoms with Crippen molar-refractivity contribution < 1.29 is 9.90 Å². The van der Waals surface area contributed by atoms with E-state index >= 15 is 0 Å². The Morgan fingerprint density at radius 1 is 1.32 bits per heavy atom. The van der Waals surface area contributed by atoms with E-state index < -0.39 is 0 Å². The van der Waals surface area contributed by atoms with Gasteiger partial charge in [0.05, 0.1) is 18.1 Å². The third-order valence-corrected chi connectivity index (χ3v) is 5.88. The lowest BCUT2D eigenvalue weighted by atomic mass is 9.44. The molecule has 1 amide bonds. The smallest absolute Gasteiger partial charge is 0.226 e. The third kappa shape index (κ3) is 2.20. The van der Waals surface area contributed by atoms with Crippen LogP contribution in [0.3, 0.4) is 0 Å². The van der Waals surface area contributed by atoms with Crippen molar-refractivity contribution in [3.05, 3.63) is 0 Å². The molecule has 4 rings (SSSR count). The second-order valence-electron chi connectivity index (χ2n) is 7.81. The van der Waals surface area contributed by atoms with Crippen LogP contribution in [0.2, 0.25) is 0 Å². The van der Waals surface area contributed by atoms with Crippen LogP contribution in [-0.4, -0.2) is 23.7 Å². The van der Waals surface area contributed by atoms with Gasteiger partial charge in [0.2, 0.25) is 5.91 Å². The second kappa shape index (κ2) is 4.47. The lowest BCUT2D eigenvalue weighted by Gasteiger charge is -2.60. The van der Waals surface area contributed by atoms with Crippen molar-refractivity contribution in [3.8, 4) is 0 Å². The highest BCUT2D eigenvalue weighted by atomic mass is 16.3. The molecule has 0 radical (unpaired) electrons. The van der Waals surface area contributed by atoms with Gasteiger partial charge < -0.3 is 10.4 Å². The molecule has 0 aromatic rings. The fourth-order valence-electron chi connectivity index (χ4n) is 5.60. The number of carbonyl (C=O) groups excluding carboxylic acids is 1. The zero-order chi connectivity index (χ0) is 13.7. The van der Waals surface area contributed by atoms with Crippen molar-refractivity contribution in [1.29, 1.82) is 0 Å². The van der Waals surface area contributed by atoms with Crippen LogP contribution in [-0.2, 0) is 4.79 Å². The van der Waals surface area contributed by atoms with Crippen LogP contribution < -0.4 is 5.32 Å². The van der Waals surface area contributed by atoms with E-state index in [9.17, 15) is 9.90 Å². The molecule has 3 atom stereocenters. The topological polar surface area (TPSA) is 49.3 Å². The first-order valence-corrected chi connectivity index (χ1v) is 7.90. The maximum atomic E-state index is 12.7. The Hall–Kier alpha value is -0.570. The molecule has 4 aliphatic carbocycles. The normalized spacial score (nSPS) is 45.2. The molecule has 0 aromatic carbocycles. The first kappa shape index (κ1) is 13.4. The summed E-state index contributed by atoms with van der Waals surface area (Å²) in [4.78, 5) is 12.7. The van der Waals surface area contributed by atoms with E-state index in [4.69, 9.17) is 0 Å². The Bertz CT molecular complexity index is 361. The minimum Gasteiger partial charge on any atom is -0.394 e. The van der Waals surface area contributed by atoms with Crippen LogP contribution in [0.25, 0.3) is 0 Å². The van der Waals surface area contributed by atoms with Gasteiger partial charge in [-0.1, -0.05) is 13.8 Å². The van der Waals surface area contributed by atoms with Crippen molar-refractivity contribution in [2.75, 3.05) is 6.61 Å². The van der Waals surface area contributed by atoms with Gasteiger partial charge in [-0.15, -0.1) is 0 Å². The van der Waals surface area contributed by atoms with Gasteiger partial charge in [-0.3, -0.25) is 4.79 Å². The average molecular weight is 265 g/mol. The molecule has 0 heterocycles. The van der Waals surface area contributed by atoms with Crippen molar-refractivity contribution in [2.45, 2.75) is 64.8 Å². The Balaban J connectivity index is 1.78. The Kier molecular flexibility index (Phi) is 3.16. The fraction of sp³-hybridized carbons (Fsp3) is 0.938. The molecular weight excluding hydrogens is 238 g/mol. The predicted molar refractivity (Wildman–Crippen MR) is 74.5 cm³/mol. The molecule has 3 nitrogen and oxygen atoms in total. The highest BCUT2D eigenvalue weighted by Gasteiger charge is 2.58. The van der Waals surface area contributed by atoms with E-state index in [-0.39, 0.29) is 24.0 Å². The number of aliphatic hydroxyl groups is 1. The van der Waals surface area contributed by atoms with E-state index in [1.807, 2.05) is 6.92 Å². The first-order chi connectivity index (χ1) is 8.98. The number of hydrogen-bond acceptors (Lipinski definition) is 2. The zero-order valence-corrected chi connectivity index (χ0v) is 12.2. The predicted octanol–water partition coefficient (Wildman–Crippen LogP) is 2.48. The fourth-order valence-corrected chi connectivity index (χ4v) is 5.60. The molecule has 0 aliphatic heterocycles. The maximum absolute atomic E-state index is 12.7. The van der Waals surface area contributed by atoms with Crippen molar-refractivity contribution >= 4 is 5.91 Å². The Morgan fingerprint density at radius 2 is 1.95 bits per heavy atom. The largest absolute Gasteiger partial charge is 0.394 e. The monoisotopic (exact) mass is 265 g/mol. The summed E-state index contributed by atoms with van der Waals surface area (Å²) in [5.74, 6) is 1.77. The number of carbonyl (C=O) groups is 1. The van der Waals surface area contributed by atoms with Crippen LogP contribution in [0.15, 0.2) is 0 Å². The molecule has 3 unspecified atom stereocenters. The molecule has 0 aromatic heterocycles. The summed E-state index contributed by atoms with van der Waals surface area (Å²) in [5, 5.41) is 12.4. The summed E-state index contributed by atoms with van der Waals surface area (Å²) in [7, 11) is 0. The number of nitrogens with one attached hydrogen (secondary N) is 1. The molecule has 2 N–H and O–H groups in total. The molecule has 4 bridgehead atoms. The highest BCUT2D eigenvalue weighted by molar-refractivity contribution is 5.83. The van der Waals surface area contributed by atoms with Gasteiger partial charge in [0.25, 0.3) is 0 Å². The van der Waals surface area contributed by atoms with Crippen LogP contribution in [0.5, 0.6) is 0 Å². The summed E-state index contributed by atoms with van der Waals surface area (Å²) in [5.41, 5.74) is 0.295. The molecule has 4 fully saturated rings. The average Bonchev–Trinajstić information content (AvgIpc) is 2.32. The van der Waals surface area contributed by atoms with Crippen molar-refractivity contribution in [3.63, 3.8) is 0 Å². The van der Waals surface area contributed by atoms with Crippen molar-refractivity contribution in [1.82, 2.24) is 5.32 Å². The molecular formula is C16H27NO2. The third-order valence-electron chi connectivity index (χ3n) is 5.88. The van der Waals surface area contributed by atoms with E-state index in [0.717, 1.165) is 37.5 Å². The molecule has 108 valence electrons. The van der Waals surface area contributed by atoms with Crippen LogP contribution in [0, 0.1) is 22.7 Å². The van der Waals surface area contributed by atoms with Crippen LogP contribution in [0.4, 0.5) is 0 Å². The van der Waals surface area contributed by atoms with E-state index in [0.29, 0.717) is 5.41 Å². The Morgan fingerprint density at radius 3 is 2.42 bits per heavy atom. The van der Waals surface area contributed by atoms with Gasteiger partial charge in [-0.2, -0.15) is 0 Å². The van der Waals surface area contributed by atoms with Gasteiger partial charge >= 0.3 is 0 Å². The van der Waals surface area contributed by atoms with E-state index in [1.165, 1.54) is 19.3 Å². The van der Waals surface area contributed by atoms with Gasteiger partial charge in [0.1, 0.15) is 0 Å². The summed E-state index contributed by atoms with van der Waals surface area (Å²) >= 11 is 0. The van der Waals surface area contributed by atoms with Gasteiger partial charge in [-0.25, -0.2) is 0 Å². The standard InChI is InChI=1S/C16H27NO2/c1-3-13(9-18)17-14(19)16-7-11-4-12(8-16)6-15(2,5-11)10-16/h11-13,18H,3-10H2,1-2H3,(H,17,19). The number of aliphatic hydroxyl groups excluding tert-OH is 1. The number of hydrogen-bond donors (Lipinski definition) is 2. The summed E-state index contributed by atoms with van der Waals surface area (Å²) in [6, 6.07) is -0.0617. The second-order valence-corrected chi connectivity index (χ2v) is 7.81. The maximum Gasteiger partial charge on any atom is 0.226 e. The quantitative estimate of drug-likeness (QED) is 0.820. The molecule has 0 saturated heterocycles. The van der Waals surface area contributed by atoms with Gasteiger partial charge in [0.15, 0.2) is 0 Å². The first-order valence-electron chi connectivity index (χ1n) is 7.90. The summed E-state index contributed by atoms with van der Waals surface area (Å²) in [6.45, 7) is 4.46. The zero-order valence-electron chi connectivity index (χ0n) is 12.2. The minimum absolute atomic E-state index is 0.0580. The minimum atomic E-state index is -0.110. The molecule has 4 saturated carbocycles. The van der Waals surface area contributed by atoms with Gasteiger partial charge in [0, 0.05) is 0 Å². The number of amides is 1. The van der Waals surface area contributed by atoms with Crippen LogP contribution >= 0.6 is 0 Å². The van der Waals surface area contributed by atoms with E-state index in [2.05, 4.69) is 12.2 Å². The lowest BCUT2D eigenvalue weighted by molar-refractivity contribution is -0.156. The molecule has 0 spiro atoms. The SMILES string of the molecule is CCC(CO)NC(=O)C12CC3CC(CC(C)(C3)C1)C2. The summed E-state index contributed by atoms with van der Waals surface area (Å²) in [6.07, 6.45) is 8.07. The lowest BCUT2D eigenvalue weighted by Crippen LogP contribution is -2.58. The summed E-state index contributed by atoms with van der Waals surface area (Å²) < 4.78 is 0. The van der Waals surface area contributed by atoms with Crippen molar-refractivity contribution in [2.24, 2.45) is 22.7 Å². The highest BCUT2D eigenvalue weighted by Crippen LogP contribution is 2.65. The molecule has 3 heteroatoms. The van der Waals surface area contributed by atoms with Crippen LogP contribution in [0.1, 0.15) is 58.8 Å². The molecule has 4 aliphatic rings.